The first-order valence-corrected chi connectivity index (χ1v) is 9.31. The fourth-order valence-corrected chi connectivity index (χ4v) is 5.03. The van der Waals surface area contributed by atoms with E-state index in [4.69, 9.17) is 0 Å². The molecule has 0 saturated carbocycles. The molecule has 0 spiro atoms. The predicted octanol–water partition coefficient (Wildman–Crippen LogP) is 0.943. The van der Waals surface area contributed by atoms with E-state index in [0.717, 1.165) is 5.56 Å². The first-order chi connectivity index (χ1) is 10.6. The maximum atomic E-state index is 12.4. The fourth-order valence-electron chi connectivity index (χ4n) is 2.46. The summed E-state index contributed by atoms with van der Waals surface area (Å²) < 4.78 is 26.8. The number of nitrogens with one attached hydrogen (secondary N) is 1. The van der Waals surface area contributed by atoms with Gasteiger partial charge >= 0.3 is 0 Å². The van der Waals surface area contributed by atoms with Gasteiger partial charge in [0.1, 0.15) is 4.21 Å². The second-order valence-corrected chi connectivity index (χ2v) is 8.29. The molecular weight excluding hydrogens is 322 g/mol. The molecule has 0 atom stereocenters. The summed E-state index contributed by atoms with van der Waals surface area (Å²) in [6.07, 6.45) is 1.71. The Morgan fingerprint density at radius 3 is 2.50 bits per heavy atom. The van der Waals surface area contributed by atoms with Crippen molar-refractivity contribution >= 4 is 21.4 Å². The van der Waals surface area contributed by atoms with Crippen LogP contribution in [-0.2, 0) is 16.6 Å². The number of aromatic nitrogens is 1. The molecule has 1 N–H and O–H groups in total. The molecule has 22 heavy (non-hydrogen) atoms. The van der Waals surface area contributed by atoms with Gasteiger partial charge in [-0.3, -0.25) is 9.69 Å². The van der Waals surface area contributed by atoms with E-state index in [1.807, 2.05) is 0 Å². The van der Waals surface area contributed by atoms with Crippen molar-refractivity contribution in [1.29, 1.82) is 0 Å². The van der Waals surface area contributed by atoms with Crippen molar-refractivity contribution in [3.05, 3.63) is 51.8 Å². The minimum absolute atomic E-state index is 0.115. The fraction of sp³-hybridized carbons (Fsp3) is 0.357. The molecule has 0 unspecified atom stereocenters. The number of hydrogen-bond donors (Lipinski definition) is 1. The molecule has 1 saturated heterocycles. The van der Waals surface area contributed by atoms with E-state index in [1.54, 1.807) is 34.1 Å². The van der Waals surface area contributed by atoms with Crippen LogP contribution < -0.4 is 5.56 Å². The van der Waals surface area contributed by atoms with Gasteiger partial charge in [0.05, 0.1) is 0 Å². The van der Waals surface area contributed by atoms with Crippen LogP contribution in [0.3, 0.4) is 0 Å². The minimum atomic E-state index is -3.34. The van der Waals surface area contributed by atoms with Crippen molar-refractivity contribution in [3.63, 3.8) is 0 Å². The number of hydrogen-bond acceptors (Lipinski definition) is 5. The second kappa shape index (κ2) is 6.33. The Hall–Kier alpha value is -1.48. The van der Waals surface area contributed by atoms with Gasteiger partial charge in [-0.15, -0.1) is 11.3 Å². The van der Waals surface area contributed by atoms with Crippen LogP contribution in [0, 0.1) is 0 Å². The molecule has 0 radical (unpaired) electrons. The SMILES string of the molecule is O=c1ccc(CN2CCN(S(=O)(=O)c3cccs3)CC2)c[nH]1. The number of aromatic amines is 1. The van der Waals surface area contributed by atoms with Crippen molar-refractivity contribution in [1.82, 2.24) is 14.2 Å². The highest BCUT2D eigenvalue weighted by Gasteiger charge is 2.28. The first kappa shape index (κ1) is 15.4. The normalized spacial score (nSPS) is 17.6. The lowest BCUT2D eigenvalue weighted by Crippen LogP contribution is -2.48. The summed E-state index contributed by atoms with van der Waals surface area (Å²) in [5.74, 6) is 0. The Balaban J connectivity index is 1.61. The Morgan fingerprint density at radius 2 is 1.91 bits per heavy atom. The summed E-state index contributed by atoms with van der Waals surface area (Å²) in [6, 6.07) is 6.71. The monoisotopic (exact) mass is 339 g/mol. The zero-order valence-electron chi connectivity index (χ0n) is 11.9. The van der Waals surface area contributed by atoms with Crippen LogP contribution in [0.1, 0.15) is 5.56 Å². The third-order valence-corrected chi connectivity index (χ3v) is 6.95. The standard InChI is InChI=1S/C14H17N3O3S2/c18-13-4-3-12(10-15-13)11-16-5-7-17(8-6-16)22(19,20)14-2-1-9-21-14/h1-4,9-10H,5-8,11H2,(H,15,18). The molecule has 1 aliphatic heterocycles. The van der Waals surface area contributed by atoms with E-state index in [9.17, 15) is 13.2 Å². The number of nitrogens with zero attached hydrogens (tertiary/aromatic N) is 2. The molecule has 1 aliphatic rings. The number of sulfonamides is 1. The number of rotatable bonds is 4. The highest BCUT2D eigenvalue weighted by Crippen LogP contribution is 2.22. The molecule has 8 heteroatoms. The van der Waals surface area contributed by atoms with E-state index in [0.29, 0.717) is 36.9 Å². The van der Waals surface area contributed by atoms with Gasteiger partial charge in [-0.2, -0.15) is 4.31 Å². The predicted molar refractivity (Wildman–Crippen MR) is 85.4 cm³/mol. The van der Waals surface area contributed by atoms with E-state index in [-0.39, 0.29) is 5.56 Å². The van der Waals surface area contributed by atoms with Crippen LogP contribution in [0.25, 0.3) is 0 Å². The lowest BCUT2D eigenvalue weighted by Gasteiger charge is -2.33. The average molecular weight is 339 g/mol. The Labute approximate surface area is 133 Å². The largest absolute Gasteiger partial charge is 0.329 e. The lowest BCUT2D eigenvalue weighted by molar-refractivity contribution is 0.181. The van der Waals surface area contributed by atoms with E-state index >= 15 is 0 Å². The maximum absolute atomic E-state index is 12.4. The molecular formula is C14H17N3O3S2. The first-order valence-electron chi connectivity index (χ1n) is 6.99. The highest BCUT2D eigenvalue weighted by molar-refractivity contribution is 7.91. The van der Waals surface area contributed by atoms with E-state index in [1.165, 1.54) is 17.4 Å². The van der Waals surface area contributed by atoms with Crippen molar-refractivity contribution in [2.45, 2.75) is 10.8 Å². The molecule has 6 nitrogen and oxygen atoms in total. The Kier molecular flexibility index (Phi) is 4.44. The van der Waals surface area contributed by atoms with Crippen molar-refractivity contribution in [2.75, 3.05) is 26.2 Å². The molecule has 0 aliphatic carbocycles. The van der Waals surface area contributed by atoms with Gasteiger partial charge in [0.2, 0.25) is 5.56 Å². The average Bonchev–Trinajstić information content (AvgIpc) is 3.05. The van der Waals surface area contributed by atoms with E-state index in [2.05, 4.69) is 9.88 Å². The number of piperazine rings is 1. The molecule has 1 fully saturated rings. The topological polar surface area (TPSA) is 73.5 Å². The Bertz CT molecular complexity index is 755. The summed E-state index contributed by atoms with van der Waals surface area (Å²) >= 11 is 1.25. The maximum Gasteiger partial charge on any atom is 0.252 e. The summed E-state index contributed by atoms with van der Waals surface area (Å²) in [7, 11) is -3.34. The van der Waals surface area contributed by atoms with Gasteiger partial charge in [-0.05, 0) is 17.0 Å². The zero-order valence-corrected chi connectivity index (χ0v) is 13.6. The number of H-pyrrole nitrogens is 1. The van der Waals surface area contributed by atoms with Gasteiger partial charge in [-0.1, -0.05) is 12.1 Å². The number of thiophene rings is 1. The van der Waals surface area contributed by atoms with Crippen molar-refractivity contribution in [2.24, 2.45) is 0 Å². The molecule has 0 aromatic carbocycles. The van der Waals surface area contributed by atoms with Gasteiger partial charge in [-0.25, -0.2) is 8.42 Å². The van der Waals surface area contributed by atoms with Crippen LogP contribution in [0.5, 0.6) is 0 Å². The Morgan fingerprint density at radius 1 is 1.14 bits per heavy atom. The number of pyridine rings is 1. The van der Waals surface area contributed by atoms with Crippen LogP contribution in [0.4, 0.5) is 0 Å². The van der Waals surface area contributed by atoms with Crippen LogP contribution in [-0.4, -0.2) is 48.8 Å². The smallest absolute Gasteiger partial charge is 0.252 e. The van der Waals surface area contributed by atoms with Crippen LogP contribution >= 0.6 is 11.3 Å². The summed E-state index contributed by atoms with van der Waals surface area (Å²) in [6.45, 7) is 3.06. The summed E-state index contributed by atoms with van der Waals surface area (Å²) in [5, 5.41) is 1.78. The summed E-state index contributed by atoms with van der Waals surface area (Å²) in [4.78, 5) is 15.9. The van der Waals surface area contributed by atoms with Gasteiger partial charge in [0.25, 0.3) is 10.0 Å². The third-order valence-electron chi connectivity index (χ3n) is 3.68. The quantitative estimate of drug-likeness (QED) is 0.900. The third kappa shape index (κ3) is 3.30. The van der Waals surface area contributed by atoms with E-state index < -0.39 is 10.0 Å². The molecule has 3 heterocycles. The van der Waals surface area contributed by atoms with Crippen LogP contribution in [0.2, 0.25) is 0 Å². The van der Waals surface area contributed by atoms with Crippen molar-refractivity contribution < 1.29 is 8.42 Å². The molecule has 2 aromatic rings. The molecule has 118 valence electrons. The lowest BCUT2D eigenvalue weighted by atomic mass is 10.2. The second-order valence-electron chi connectivity index (χ2n) is 5.17. The summed E-state index contributed by atoms with van der Waals surface area (Å²) in [5.41, 5.74) is 0.907. The van der Waals surface area contributed by atoms with Gasteiger partial charge in [0.15, 0.2) is 0 Å². The van der Waals surface area contributed by atoms with Gasteiger partial charge < -0.3 is 4.98 Å². The minimum Gasteiger partial charge on any atom is -0.329 e. The van der Waals surface area contributed by atoms with Crippen LogP contribution in [0.15, 0.2) is 44.8 Å². The molecule has 0 bridgehead atoms. The highest BCUT2D eigenvalue weighted by atomic mass is 32.2. The molecule has 3 rings (SSSR count). The van der Waals surface area contributed by atoms with Crippen molar-refractivity contribution in [3.8, 4) is 0 Å². The van der Waals surface area contributed by atoms with Gasteiger partial charge in [0, 0.05) is 45.0 Å². The molecule has 0 amide bonds. The molecule has 2 aromatic heterocycles. The zero-order chi connectivity index (χ0) is 15.6.